The Bertz CT molecular complexity index is 1060. The lowest BCUT2D eigenvalue weighted by atomic mass is 10.2. The molecule has 2 aromatic rings. The molecule has 0 atom stereocenters. The van der Waals surface area contributed by atoms with Gasteiger partial charge in [0.15, 0.2) is 0 Å². The van der Waals surface area contributed by atoms with E-state index >= 15 is 0 Å². The molecule has 33 heavy (non-hydrogen) atoms. The number of nitrogens with one attached hydrogen (secondary N) is 1. The molecule has 0 aliphatic rings. The van der Waals surface area contributed by atoms with Crippen molar-refractivity contribution < 1.29 is 35.9 Å². The van der Waals surface area contributed by atoms with Gasteiger partial charge in [0.25, 0.3) is 10.0 Å². The van der Waals surface area contributed by atoms with Crippen molar-refractivity contribution in [2.75, 3.05) is 37.7 Å². The number of aryl methyl sites for hydroxylation is 1. The number of rotatable bonds is 11. The second-order valence-electron chi connectivity index (χ2n) is 7.11. The summed E-state index contributed by atoms with van der Waals surface area (Å²) in [7, 11) is -3.18. The minimum Gasteiger partial charge on any atom is -0.495 e. The molecule has 0 aliphatic carbocycles. The Balaban J connectivity index is 2.45. The van der Waals surface area contributed by atoms with Gasteiger partial charge in [-0.25, -0.2) is 8.42 Å². The van der Waals surface area contributed by atoms with Crippen LogP contribution in [-0.4, -0.2) is 47.7 Å². The highest BCUT2D eigenvalue weighted by Gasteiger charge is 2.34. The van der Waals surface area contributed by atoms with Gasteiger partial charge >= 0.3 is 6.18 Å². The Labute approximate surface area is 191 Å². The predicted molar refractivity (Wildman–Crippen MR) is 118 cm³/mol. The normalized spacial score (nSPS) is 11.8. The first kappa shape index (κ1) is 26.5. The Kier molecular flexibility index (Phi) is 9.12. The van der Waals surface area contributed by atoms with E-state index in [2.05, 4.69) is 5.32 Å². The highest BCUT2D eigenvalue weighted by molar-refractivity contribution is 7.93. The lowest BCUT2D eigenvalue weighted by Crippen LogP contribution is -2.41. The number of hydrogen-bond acceptors (Lipinski definition) is 5. The third kappa shape index (κ3) is 7.10. The van der Waals surface area contributed by atoms with Crippen molar-refractivity contribution in [3.05, 3.63) is 53.6 Å². The molecule has 1 N–H and O–H groups in total. The summed E-state index contributed by atoms with van der Waals surface area (Å²) in [6, 6.07) is 8.25. The number of ether oxygens (including phenoxy) is 2. The molecule has 7 nitrogen and oxygen atoms in total. The largest absolute Gasteiger partial charge is 0.495 e. The van der Waals surface area contributed by atoms with E-state index in [1.165, 1.54) is 25.3 Å². The fraction of sp³-hybridized carbons (Fsp3) is 0.409. The molecule has 0 aliphatic heterocycles. The summed E-state index contributed by atoms with van der Waals surface area (Å²) in [5.74, 6) is -0.659. The fourth-order valence-electron chi connectivity index (χ4n) is 2.99. The number of hydrogen-bond donors (Lipinski definition) is 1. The zero-order valence-electron chi connectivity index (χ0n) is 18.6. The summed E-state index contributed by atoms with van der Waals surface area (Å²) in [5.41, 5.74) is -0.731. The molecule has 0 fully saturated rings. The standard InChI is InChI=1S/C22H27F3N2O5S/c1-4-32-12-6-11-26-21(28)15-27(18-8-5-7-17(14-18)22(23,24)25)33(29,30)20-13-16(2)9-10-19(20)31-3/h5,7-10,13-14H,4,6,11-12,15H2,1-3H3,(H,26,28). The number of anilines is 1. The van der Waals surface area contributed by atoms with Crippen LogP contribution in [0.3, 0.4) is 0 Å². The van der Waals surface area contributed by atoms with Crippen molar-refractivity contribution in [1.82, 2.24) is 5.32 Å². The summed E-state index contributed by atoms with van der Waals surface area (Å²) >= 11 is 0. The van der Waals surface area contributed by atoms with Gasteiger partial charge in [-0.15, -0.1) is 0 Å². The molecular weight excluding hydrogens is 461 g/mol. The van der Waals surface area contributed by atoms with Gasteiger partial charge in [0.05, 0.1) is 18.4 Å². The number of nitrogens with zero attached hydrogens (tertiary/aromatic N) is 1. The van der Waals surface area contributed by atoms with Crippen molar-refractivity contribution in [3.63, 3.8) is 0 Å². The maximum absolute atomic E-state index is 13.5. The minimum atomic E-state index is -4.69. The van der Waals surface area contributed by atoms with Gasteiger partial charge in [-0.3, -0.25) is 9.10 Å². The van der Waals surface area contributed by atoms with Crippen molar-refractivity contribution >= 4 is 21.6 Å². The monoisotopic (exact) mass is 488 g/mol. The van der Waals surface area contributed by atoms with Gasteiger partial charge in [0, 0.05) is 19.8 Å². The van der Waals surface area contributed by atoms with E-state index in [1.807, 2.05) is 6.92 Å². The van der Waals surface area contributed by atoms with E-state index in [0.717, 1.165) is 12.1 Å². The van der Waals surface area contributed by atoms with Crippen molar-refractivity contribution in [2.45, 2.75) is 31.3 Å². The molecule has 0 saturated heterocycles. The van der Waals surface area contributed by atoms with Crippen LogP contribution in [0.15, 0.2) is 47.4 Å². The first-order valence-corrected chi connectivity index (χ1v) is 11.6. The predicted octanol–water partition coefficient (Wildman–Crippen LogP) is 3.76. The molecule has 2 aromatic carbocycles. The van der Waals surface area contributed by atoms with E-state index in [4.69, 9.17) is 9.47 Å². The van der Waals surface area contributed by atoms with E-state index in [-0.39, 0.29) is 22.9 Å². The lowest BCUT2D eigenvalue weighted by molar-refractivity contribution is -0.137. The quantitative estimate of drug-likeness (QED) is 0.487. The van der Waals surface area contributed by atoms with Crippen molar-refractivity contribution in [1.29, 1.82) is 0 Å². The van der Waals surface area contributed by atoms with Crippen molar-refractivity contribution in [3.8, 4) is 5.75 Å². The Hall–Kier alpha value is -2.79. The zero-order valence-corrected chi connectivity index (χ0v) is 19.4. The SMILES string of the molecule is CCOCCCNC(=O)CN(c1cccc(C(F)(F)F)c1)S(=O)(=O)c1cc(C)ccc1OC. The maximum Gasteiger partial charge on any atom is 0.416 e. The van der Waals surface area contributed by atoms with E-state index < -0.39 is 34.2 Å². The number of amides is 1. The van der Waals surface area contributed by atoms with Gasteiger partial charge < -0.3 is 14.8 Å². The second-order valence-corrected chi connectivity index (χ2v) is 8.95. The molecule has 11 heteroatoms. The van der Waals surface area contributed by atoms with E-state index in [0.29, 0.717) is 35.6 Å². The Morgan fingerprint density at radius 2 is 1.88 bits per heavy atom. The van der Waals surface area contributed by atoms with Gasteiger partial charge in [0.1, 0.15) is 17.2 Å². The van der Waals surface area contributed by atoms with Crippen LogP contribution in [0.4, 0.5) is 18.9 Å². The average molecular weight is 489 g/mol. The molecule has 0 radical (unpaired) electrons. The topological polar surface area (TPSA) is 84.9 Å². The number of sulfonamides is 1. The number of alkyl halides is 3. The molecular formula is C22H27F3N2O5S. The molecule has 0 heterocycles. The van der Waals surface area contributed by atoms with Crippen LogP contribution in [0.2, 0.25) is 0 Å². The molecule has 2 rings (SSSR count). The Morgan fingerprint density at radius 3 is 2.52 bits per heavy atom. The van der Waals surface area contributed by atoms with Crippen LogP contribution in [-0.2, 0) is 25.7 Å². The lowest BCUT2D eigenvalue weighted by Gasteiger charge is -2.26. The van der Waals surface area contributed by atoms with Gasteiger partial charge in [-0.2, -0.15) is 13.2 Å². The first-order valence-electron chi connectivity index (χ1n) is 10.2. The van der Waals surface area contributed by atoms with Gasteiger partial charge in [-0.05, 0) is 56.2 Å². The average Bonchev–Trinajstić information content (AvgIpc) is 2.76. The summed E-state index contributed by atoms with van der Waals surface area (Å²) in [6.45, 7) is 3.94. The first-order chi connectivity index (χ1) is 15.5. The number of carbonyl (C=O) groups excluding carboxylic acids is 1. The molecule has 0 bridgehead atoms. The van der Waals surface area contributed by atoms with Crippen LogP contribution < -0.4 is 14.4 Å². The molecule has 0 saturated carbocycles. The fourth-order valence-corrected chi connectivity index (χ4v) is 4.65. The molecule has 182 valence electrons. The van der Waals surface area contributed by atoms with Gasteiger partial charge in [0.2, 0.25) is 5.91 Å². The highest BCUT2D eigenvalue weighted by Crippen LogP contribution is 2.35. The summed E-state index contributed by atoms with van der Waals surface area (Å²) in [5, 5.41) is 2.57. The second kappa shape index (κ2) is 11.4. The van der Waals surface area contributed by atoms with E-state index in [1.54, 1.807) is 13.0 Å². The van der Waals surface area contributed by atoms with Crippen LogP contribution in [0.25, 0.3) is 0 Å². The summed E-state index contributed by atoms with van der Waals surface area (Å²) in [6.07, 6.45) is -4.18. The van der Waals surface area contributed by atoms with Crippen LogP contribution in [0, 0.1) is 6.92 Å². The molecule has 0 aromatic heterocycles. The van der Waals surface area contributed by atoms with Crippen LogP contribution in [0.1, 0.15) is 24.5 Å². The number of methoxy groups -OCH3 is 1. The smallest absolute Gasteiger partial charge is 0.416 e. The minimum absolute atomic E-state index is 0.00898. The third-order valence-electron chi connectivity index (χ3n) is 4.63. The van der Waals surface area contributed by atoms with Crippen LogP contribution >= 0.6 is 0 Å². The molecule has 0 unspecified atom stereocenters. The van der Waals surface area contributed by atoms with Gasteiger partial charge in [-0.1, -0.05) is 12.1 Å². The number of halogens is 3. The van der Waals surface area contributed by atoms with Crippen LogP contribution in [0.5, 0.6) is 5.75 Å². The highest BCUT2D eigenvalue weighted by atomic mass is 32.2. The molecule has 1 amide bonds. The summed E-state index contributed by atoms with van der Waals surface area (Å²) < 4.78 is 77.9. The number of benzene rings is 2. The maximum atomic E-state index is 13.5. The number of carbonyl (C=O) groups is 1. The van der Waals surface area contributed by atoms with E-state index in [9.17, 15) is 26.4 Å². The molecule has 0 spiro atoms. The summed E-state index contributed by atoms with van der Waals surface area (Å²) in [4.78, 5) is 12.3. The Morgan fingerprint density at radius 1 is 1.15 bits per heavy atom. The third-order valence-corrected chi connectivity index (χ3v) is 6.42. The van der Waals surface area contributed by atoms with Crippen molar-refractivity contribution in [2.24, 2.45) is 0 Å². The zero-order chi connectivity index (χ0) is 24.6.